The Morgan fingerprint density at radius 3 is 2.52 bits per heavy atom. The predicted octanol–water partition coefficient (Wildman–Crippen LogP) is 4.10. The first-order valence-corrected chi connectivity index (χ1v) is 7.38. The molecule has 3 heteroatoms. The van der Waals surface area contributed by atoms with Crippen molar-refractivity contribution >= 4 is 23.6 Å². The Hall–Kier alpha value is -2.06. The summed E-state index contributed by atoms with van der Waals surface area (Å²) in [5, 5.41) is 3.52. The van der Waals surface area contributed by atoms with E-state index in [2.05, 4.69) is 17.4 Å². The van der Waals surface area contributed by atoms with Crippen LogP contribution in [0.15, 0.2) is 60.7 Å². The van der Waals surface area contributed by atoms with E-state index in [0.717, 1.165) is 18.4 Å². The van der Waals surface area contributed by atoms with E-state index < -0.39 is 0 Å². The first-order valence-electron chi connectivity index (χ1n) is 7.00. The van der Waals surface area contributed by atoms with Crippen molar-refractivity contribution in [2.24, 2.45) is 0 Å². The van der Waals surface area contributed by atoms with Gasteiger partial charge in [-0.25, -0.2) is 0 Å². The quantitative estimate of drug-likeness (QED) is 0.631. The molecule has 21 heavy (non-hydrogen) atoms. The third kappa shape index (κ3) is 5.44. The lowest BCUT2D eigenvalue weighted by Crippen LogP contribution is -2.22. The fourth-order valence-electron chi connectivity index (χ4n) is 1.98. The van der Waals surface area contributed by atoms with Crippen LogP contribution >= 0.6 is 11.6 Å². The summed E-state index contributed by atoms with van der Waals surface area (Å²) in [6.07, 6.45) is 5.14. The molecule has 0 aliphatic rings. The molecule has 0 heterocycles. The van der Waals surface area contributed by atoms with Crippen LogP contribution in [-0.4, -0.2) is 12.5 Å². The minimum Gasteiger partial charge on any atom is -0.353 e. The maximum absolute atomic E-state index is 11.7. The fourth-order valence-corrected chi connectivity index (χ4v) is 2.18. The molecule has 0 radical (unpaired) electrons. The molecule has 0 unspecified atom stereocenters. The van der Waals surface area contributed by atoms with Crippen molar-refractivity contribution < 1.29 is 4.79 Å². The van der Waals surface area contributed by atoms with Gasteiger partial charge in [0, 0.05) is 17.6 Å². The third-order valence-electron chi connectivity index (χ3n) is 3.10. The van der Waals surface area contributed by atoms with Gasteiger partial charge in [0.1, 0.15) is 0 Å². The highest BCUT2D eigenvalue weighted by molar-refractivity contribution is 6.32. The Balaban J connectivity index is 1.72. The Morgan fingerprint density at radius 1 is 1.05 bits per heavy atom. The number of amides is 1. The van der Waals surface area contributed by atoms with E-state index >= 15 is 0 Å². The van der Waals surface area contributed by atoms with Gasteiger partial charge in [0.05, 0.1) is 0 Å². The van der Waals surface area contributed by atoms with E-state index in [0.29, 0.717) is 11.6 Å². The number of hydrogen-bond acceptors (Lipinski definition) is 1. The van der Waals surface area contributed by atoms with Crippen molar-refractivity contribution in [3.05, 3.63) is 76.8 Å². The SMILES string of the molecule is O=C(C=Cc1ccccc1Cl)NCCCc1ccccc1. The van der Waals surface area contributed by atoms with Crippen LogP contribution in [0.4, 0.5) is 0 Å². The van der Waals surface area contributed by atoms with Gasteiger partial charge in [0.15, 0.2) is 0 Å². The highest BCUT2D eigenvalue weighted by atomic mass is 35.5. The molecule has 1 amide bonds. The molecule has 2 aromatic carbocycles. The average molecular weight is 300 g/mol. The summed E-state index contributed by atoms with van der Waals surface area (Å²) in [6.45, 7) is 0.667. The summed E-state index contributed by atoms with van der Waals surface area (Å²) >= 11 is 6.02. The lowest BCUT2D eigenvalue weighted by molar-refractivity contribution is -0.116. The molecule has 1 N–H and O–H groups in total. The molecule has 0 atom stereocenters. The molecule has 0 fully saturated rings. The van der Waals surface area contributed by atoms with E-state index in [1.54, 1.807) is 12.1 Å². The number of carbonyl (C=O) groups excluding carboxylic acids is 1. The van der Waals surface area contributed by atoms with Crippen LogP contribution in [0.2, 0.25) is 5.02 Å². The first-order chi connectivity index (χ1) is 10.3. The van der Waals surface area contributed by atoms with Gasteiger partial charge in [-0.2, -0.15) is 0 Å². The van der Waals surface area contributed by atoms with Crippen molar-refractivity contribution in [1.82, 2.24) is 5.32 Å². The smallest absolute Gasteiger partial charge is 0.244 e. The Kier molecular flexibility index (Phi) is 6.04. The molecule has 0 saturated carbocycles. The van der Waals surface area contributed by atoms with Crippen LogP contribution in [0.5, 0.6) is 0 Å². The maximum Gasteiger partial charge on any atom is 0.244 e. The number of benzene rings is 2. The fraction of sp³-hybridized carbons (Fsp3) is 0.167. The standard InChI is InChI=1S/C18H18ClNO/c19-17-11-5-4-10-16(17)12-13-18(21)20-14-6-9-15-7-2-1-3-8-15/h1-5,7-8,10-13H,6,9,14H2,(H,20,21). The lowest BCUT2D eigenvalue weighted by atomic mass is 10.1. The molecule has 0 spiro atoms. The monoisotopic (exact) mass is 299 g/mol. The molecule has 108 valence electrons. The summed E-state index contributed by atoms with van der Waals surface area (Å²) in [5.41, 5.74) is 2.14. The van der Waals surface area contributed by atoms with Crippen LogP contribution in [0, 0.1) is 0 Å². The van der Waals surface area contributed by atoms with Crippen LogP contribution < -0.4 is 5.32 Å². The Labute approximate surface area is 130 Å². The number of halogens is 1. The number of aryl methyl sites for hydroxylation is 1. The summed E-state index contributed by atoms with van der Waals surface area (Å²) in [7, 11) is 0. The van der Waals surface area contributed by atoms with E-state index in [9.17, 15) is 4.79 Å². The highest BCUT2D eigenvalue weighted by Gasteiger charge is 1.98. The van der Waals surface area contributed by atoms with Gasteiger partial charge in [-0.05, 0) is 36.1 Å². The second-order valence-electron chi connectivity index (χ2n) is 4.74. The highest BCUT2D eigenvalue weighted by Crippen LogP contribution is 2.15. The van der Waals surface area contributed by atoms with Gasteiger partial charge in [0.2, 0.25) is 5.91 Å². The molecule has 0 bridgehead atoms. The second-order valence-corrected chi connectivity index (χ2v) is 5.14. The van der Waals surface area contributed by atoms with Gasteiger partial charge in [-0.1, -0.05) is 60.1 Å². The topological polar surface area (TPSA) is 29.1 Å². The second kappa shape index (κ2) is 8.28. The normalized spacial score (nSPS) is 10.7. The van der Waals surface area contributed by atoms with Crippen molar-refractivity contribution in [2.45, 2.75) is 12.8 Å². The molecule has 0 aromatic heterocycles. The summed E-state index contributed by atoms with van der Waals surface area (Å²) in [4.78, 5) is 11.7. The van der Waals surface area contributed by atoms with Crippen LogP contribution in [0.1, 0.15) is 17.5 Å². The molecule has 0 aliphatic carbocycles. The predicted molar refractivity (Wildman–Crippen MR) is 88.3 cm³/mol. The number of rotatable bonds is 6. The van der Waals surface area contributed by atoms with E-state index in [-0.39, 0.29) is 5.91 Å². The minimum atomic E-state index is -0.0945. The Bertz CT molecular complexity index is 608. The zero-order valence-corrected chi connectivity index (χ0v) is 12.5. The zero-order chi connectivity index (χ0) is 14.9. The van der Waals surface area contributed by atoms with Crippen LogP contribution in [0.3, 0.4) is 0 Å². The van der Waals surface area contributed by atoms with E-state index in [4.69, 9.17) is 11.6 Å². The Morgan fingerprint density at radius 2 is 1.76 bits per heavy atom. The third-order valence-corrected chi connectivity index (χ3v) is 3.45. The molecular formula is C18H18ClNO. The van der Waals surface area contributed by atoms with Gasteiger partial charge in [0.25, 0.3) is 0 Å². The first kappa shape index (κ1) is 15.3. The molecule has 2 rings (SSSR count). The van der Waals surface area contributed by atoms with E-state index in [1.807, 2.05) is 36.4 Å². The molecular weight excluding hydrogens is 282 g/mol. The number of carbonyl (C=O) groups is 1. The van der Waals surface area contributed by atoms with Crippen molar-refractivity contribution in [2.75, 3.05) is 6.54 Å². The van der Waals surface area contributed by atoms with Gasteiger partial charge in [-0.3, -0.25) is 4.79 Å². The molecule has 2 nitrogen and oxygen atoms in total. The van der Waals surface area contributed by atoms with Crippen LogP contribution in [0.25, 0.3) is 6.08 Å². The summed E-state index contributed by atoms with van der Waals surface area (Å²) < 4.78 is 0. The van der Waals surface area contributed by atoms with Gasteiger partial charge >= 0.3 is 0 Å². The molecule has 0 saturated heterocycles. The summed E-state index contributed by atoms with van der Waals surface area (Å²) in [5.74, 6) is -0.0945. The largest absolute Gasteiger partial charge is 0.353 e. The van der Waals surface area contributed by atoms with Crippen LogP contribution in [-0.2, 0) is 11.2 Å². The van der Waals surface area contributed by atoms with Crippen molar-refractivity contribution in [3.63, 3.8) is 0 Å². The zero-order valence-electron chi connectivity index (χ0n) is 11.8. The average Bonchev–Trinajstić information content (AvgIpc) is 2.52. The number of hydrogen-bond donors (Lipinski definition) is 1. The minimum absolute atomic E-state index is 0.0945. The van der Waals surface area contributed by atoms with Crippen molar-refractivity contribution in [1.29, 1.82) is 0 Å². The molecule has 0 aliphatic heterocycles. The summed E-state index contributed by atoms with van der Waals surface area (Å²) in [6, 6.07) is 17.7. The van der Waals surface area contributed by atoms with Gasteiger partial charge in [-0.15, -0.1) is 0 Å². The maximum atomic E-state index is 11.7. The molecule has 2 aromatic rings. The van der Waals surface area contributed by atoms with Gasteiger partial charge < -0.3 is 5.32 Å². The van der Waals surface area contributed by atoms with E-state index in [1.165, 1.54) is 11.6 Å². The lowest BCUT2D eigenvalue weighted by Gasteiger charge is -2.03. The number of nitrogens with one attached hydrogen (secondary N) is 1. The van der Waals surface area contributed by atoms with Crippen molar-refractivity contribution in [3.8, 4) is 0 Å².